The Hall–Kier alpha value is -3.36. The number of non-ortho nitro benzene ring substituents is 1. The van der Waals surface area contributed by atoms with E-state index < -0.39 is 4.92 Å². The first-order valence-corrected chi connectivity index (χ1v) is 9.99. The number of hydrogen-bond donors (Lipinski definition) is 1. The van der Waals surface area contributed by atoms with Crippen LogP contribution in [0.1, 0.15) is 9.67 Å². The minimum Gasteiger partial charge on any atom is -0.297 e. The van der Waals surface area contributed by atoms with Gasteiger partial charge in [0.05, 0.1) is 20.0 Å². The lowest BCUT2D eigenvalue weighted by Crippen LogP contribution is -2.09. The van der Waals surface area contributed by atoms with Crippen LogP contribution in [0.15, 0.2) is 60.7 Å². The summed E-state index contributed by atoms with van der Waals surface area (Å²) in [4.78, 5) is 28.2. The van der Waals surface area contributed by atoms with Crippen molar-refractivity contribution in [1.29, 1.82) is 0 Å². The first-order valence-electron chi connectivity index (χ1n) is 8.36. The molecule has 2 heterocycles. The molecule has 0 saturated carbocycles. The van der Waals surface area contributed by atoms with Gasteiger partial charge < -0.3 is 0 Å². The number of nitro groups is 1. The smallest absolute Gasteiger partial charge is 0.270 e. The van der Waals surface area contributed by atoms with E-state index in [1.807, 2.05) is 36.4 Å². The number of thiazole rings is 1. The van der Waals surface area contributed by atoms with E-state index in [0.29, 0.717) is 15.4 Å². The second-order valence-electron chi connectivity index (χ2n) is 6.20. The Morgan fingerprint density at radius 1 is 1.00 bits per heavy atom. The van der Waals surface area contributed by atoms with E-state index in [2.05, 4.69) is 10.3 Å². The maximum Gasteiger partial charge on any atom is 0.270 e. The summed E-state index contributed by atoms with van der Waals surface area (Å²) >= 11 is 2.73. The molecule has 0 aliphatic heterocycles. The number of rotatable bonds is 3. The van der Waals surface area contributed by atoms with Crippen LogP contribution in [0.3, 0.4) is 0 Å². The number of hydrogen-bond acceptors (Lipinski definition) is 6. The molecule has 0 saturated heterocycles. The van der Waals surface area contributed by atoms with Gasteiger partial charge in [-0.3, -0.25) is 20.2 Å². The Morgan fingerprint density at radius 3 is 2.71 bits per heavy atom. The van der Waals surface area contributed by atoms with Crippen molar-refractivity contribution >= 4 is 70.5 Å². The molecule has 8 heteroatoms. The van der Waals surface area contributed by atoms with Gasteiger partial charge in [0.25, 0.3) is 11.6 Å². The van der Waals surface area contributed by atoms with Gasteiger partial charge in [-0.2, -0.15) is 0 Å². The summed E-state index contributed by atoms with van der Waals surface area (Å²) in [7, 11) is 0. The number of amides is 1. The van der Waals surface area contributed by atoms with Crippen LogP contribution in [0.2, 0.25) is 0 Å². The molecule has 5 rings (SSSR count). The lowest BCUT2D eigenvalue weighted by Gasteiger charge is -1.97. The second kappa shape index (κ2) is 6.36. The largest absolute Gasteiger partial charge is 0.297 e. The average molecular weight is 405 g/mol. The minimum atomic E-state index is -0.442. The summed E-state index contributed by atoms with van der Waals surface area (Å²) in [6.07, 6.45) is 0. The van der Waals surface area contributed by atoms with E-state index in [0.717, 1.165) is 25.7 Å². The number of carbonyl (C=O) groups excluding carboxylic acids is 1. The molecule has 0 spiro atoms. The number of benzene rings is 3. The summed E-state index contributed by atoms with van der Waals surface area (Å²) in [6, 6.07) is 18.3. The third kappa shape index (κ3) is 2.79. The topological polar surface area (TPSA) is 85.1 Å². The summed E-state index contributed by atoms with van der Waals surface area (Å²) in [5.74, 6) is -0.271. The number of nitro benzene ring substituents is 1. The number of aromatic nitrogens is 1. The highest BCUT2D eigenvalue weighted by Gasteiger charge is 2.15. The first-order chi connectivity index (χ1) is 13.6. The SMILES string of the molecule is O=C(Nc1nc2ccc3ccccc3c2s1)c1cc2cc([N+](=O)[O-])ccc2s1. The van der Waals surface area contributed by atoms with E-state index in [9.17, 15) is 14.9 Å². The average Bonchev–Trinajstić information content (AvgIpc) is 3.31. The van der Waals surface area contributed by atoms with Crippen molar-refractivity contribution in [2.75, 3.05) is 5.32 Å². The first kappa shape index (κ1) is 16.8. The van der Waals surface area contributed by atoms with Crippen molar-refractivity contribution in [2.45, 2.75) is 0 Å². The summed E-state index contributed by atoms with van der Waals surface area (Å²) in [5, 5.41) is 17.2. The fourth-order valence-electron chi connectivity index (χ4n) is 3.12. The Bertz CT molecular complexity index is 1400. The highest BCUT2D eigenvalue weighted by Crippen LogP contribution is 2.34. The van der Waals surface area contributed by atoms with E-state index >= 15 is 0 Å². The van der Waals surface area contributed by atoms with Crippen molar-refractivity contribution in [3.63, 3.8) is 0 Å². The third-order valence-corrected chi connectivity index (χ3v) is 6.57. The fraction of sp³-hybridized carbons (Fsp3) is 0. The molecule has 2 aromatic heterocycles. The number of nitrogens with zero attached hydrogens (tertiary/aromatic N) is 2. The van der Waals surface area contributed by atoms with Gasteiger partial charge in [0.1, 0.15) is 0 Å². The van der Waals surface area contributed by atoms with Crippen LogP contribution in [0.5, 0.6) is 0 Å². The molecule has 28 heavy (non-hydrogen) atoms. The Morgan fingerprint density at radius 2 is 1.86 bits per heavy atom. The number of fused-ring (bicyclic) bond motifs is 4. The maximum atomic E-state index is 12.7. The summed E-state index contributed by atoms with van der Waals surface area (Å²) in [5.41, 5.74) is 0.848. The monoisotopic (exact) mass is 405 g/mol. The predicted octanol–water partition coefficient (Wildman–Crippen LogP) is 5.82. The van der Waals surface area contributed by atoms with Gasteiger partial charge in [-0.25, -0.2) is 4.98 Å². The Labute approximate surface area is 166 Å². The molecule has 1 amide bonds. The van der Waals surface area contributed by atoms with Gasteiger partial charge in [-0.15, -0.1) is 11.3 Å². The van der Waals surface area contributed by atoms with Gasteiger partial charge in [-0.1, -0.05) is 41.7 Å². The summed E-state index contributed by atoms with van der Waals surface area (Å²) < 4.78 is 1.85. The maximum absolute atomic E-state index is 12.7. The van der Waals surface area contributed by atoms with Crippen LogP contribution in [0.25, 0.3) is 31.1 Å². The van der Waals surface area contributed by atoms with Crippen LogP contribution >= 0.6 is 22.7 Å². The molecule has 3 aromatic carbocycles. The molecular weight excluding hydrogens is 394 g/mol. The van der Waals surface area contributed by atoms with Crippen molar-refractivity contribution in [3.8, 4) is 0 Å². The van der Waals surface area contributed by atoms with E-state index in [1.165, 1.54) is 34.8 Å². The zero-order chi connectivity index (χ0) is 19.3. The molecule has 0 radical (unpaired) electrons. The zero-order valence-corrected chi connectivity index (χ0v) is 15.8. The highest BCUT2D eigenvalue weighted by molar-refractivity contribution is 7.23. The van der Waals surface area contributed by atoms with Crippen molar-refractivity contribution in [1.82, 2.24) is 4.98 Å². The Balaban J connectivity index is 1.48. The molecule has 0 fully saturated rings. The van der Waals surface area contributed by atoms with Gasteiger partial charge in [0.15, 0.2) is 5.13 Å². The van der Waals surface area contributed by atoms with Crippen molar-refractivity contribution < 1.29 is 9.72 Å². The molecule has 1 N–H and O–H groups in total. The fourth-order valence-corrected chi connectivity index (χ4v) is 5.06. The lowest BCUT2D eigenvalue weighted by molar-refractivity contribution is -0.384. The van der Waals surface area contributed by atoms with Crippen LogP contribution in [0, 0.1) is 10.1 Å². The van der Waals surface area contributed by atoms with Crippen molar-refractivity contribution in [3.05, 3.63) is 75.7 Å². The minimum absolute atomic E-state index is 0.00955. The van der Waals surface area contributed by atoms with E-state index in [4.69, 9.17) is 0 Å². The van der Waals surface area contributed by atoms with Gasteiger partial charge in [0, 0.05) is 27.6 Å². The van der Waals surface area contributed by atoms with Gasteiger partial charge in [0.2, 0.25) is 0 Å². The van der Waals surface area contributed by atoms with Gasteiger partial charge >= 0.3 is 0 Å². The molecule has 136 valence electrons. The summed E-state index contributed by atoms with van der Waals surface area (Å²) in [6.45, 7) is 0. The molecule has 0 bridgehead atoms. The number of anilines is 1. The Kier molecular flexibility index (Phi) is 3.81. The third-order valence-electron chi connectivity index (χ3n) is 4.43. The van der Waals surface area contributed by atoms with Crippen molar-refractivity contribution in [2.24, 2.45) is 0 Å². The van der Waals surface area contributed by atoms with Gasteiger partial charge in [-0.05, 0) is 23.6 Å². The normalized spacial score (nSPS) is 11.3. The zero-order valence-electron chi connectivity index (χ0n) is 14.2. The molecule has 0 unspecified atom stereocenters. The molecule has 0 atom stereocenters. The number of carbonyl (C=O) groups is 1. The second-order valence-corrected chi connectivity index (χ2v) is 8.28. The molecule has 0 aliphatic rings. The van der Waals surface area contributed by atoms with E-state index in [1.54, 1.807) is 12.1 Å². The molecule has 5 aromatic rings. The van der Waals surface area contributed by atoms with Crippen LogP contribution < -0.4 is 5.32 Å². The molecular formula is C20H11N3O3S2. The quantitative estimate of drug-likeness (QED) is 0.302. The van der Waals surface area contributed by atoms with Crippen LogP contribution in [-0.2, 0) is 0 Å². The predicted molar refractivity (Wildman–Crippen MR) is 114 cm³/mol. The van der Waals surface area contributed by atoms with Crippen LogP contribution in [-0.4, -0.2) is 15.8 Å². The highest BCUT2D eigenvalue weighted by atomic mass is 32.1. The number of nitrogens with one attached hydrogen (secondary N) is 1. The standard InChI is InChI=1S/C20H11N3O3S2/c24-19(17-10-12-9-13(23(25)26)6-8-16(12)27-17)22-20-21-15-7-5-11-3-1-2-4-14(11)18(15)28-20/h1-10H,(H,21,22,24). The molecule has 0 aliphatic carbocycles. The molecule has 6 nitrogen and oxygen atoms in total. The number of thiophene rings is 1. The van der Waals surface area contributed by atoms with E-state index in [-0.39, 0.29) is 11.6 Å². The van der Waals surface area contributed by atoms with Crippen LogP contribution in [0.4, 0.5) is 10.8 Å². The lowest BCUT2D eigenvalue weighted by atomic mass is 10.1.